The second-order valence-corrected chi connectivity index (χ2v) is 10.5. The highest BCUT2D eigenvalue weighted by Crippen LogP contribution is 2.35. The number of nitrogens with one attached hydrogen (secondary N) is 1. The summed E-state index contributed by atoms with van der Waals surface area (Å²) in [6, 6.07) is -0.0612. The minimum Gasteiger partial charge on any atom is -0.393 e. The Morgan fingerprint density at radius 2 is 1.86 bits per heavy atom. The first kappa shape index (κ1) is 29.6. The molecule has 2 saturated heterocycles. The fourth-order valence-electron chi connectivity index (χ4n) is 4.48. The summed E-state index contributed by atoms with van der Waals surface area (Å²) in [6.07, 6.45) is 5.18. The topological polar surface area (TPSA) is 149 Å². The molecule has 0 aromatic heterocycles. The van der Waals surface area contributed by atoms with Crippen molar-refractivity contribution in [1.82, 2.24) is 5.32 Å². The van der Waals surface area contributed by atoms with Crippen LogP contribution in [0, 0.1) is 11.8 Å². The maximum atomic E-state index is 12.1. The van der Waals surface area contributed by atoms with E-state index < -0.39 is 36.3 Å². The van der Waals surface area contributed by atoms with Crippen molar-refractivity contribution in [2.24, 2.45) is 11.8 Å². The van der Waals surface area contributed by atoms with E-state index in [2.05, 4.69) is 12.2 Å². The van der Waals surface area contributed by atoms with Crippen LogP contribution in [-0.4, -0.2) is 86.0 Å². The number of carbonyl (C=O) groups is 1. The van der Waals surface area contributed by atoms with Gasteiger partial charge in [-0.2, -0.15) is 0 Å². The highest BCUT2D eigenvalue weighted by atomic mass is 16.7. The number of hydrogen-bond donors (Lipinski definition) is 6. The summed E-state index contributed by atoms with van der Waals surface area (Å²) in [7, 11) is 0. The first-order valence-electron chi connectivity index (χ1n) is 12.3. The predicted molar refractivity (Wildman–Crippen MR) is 131 cm³/mol. The van der Waals surface area contributed by atoms with E-state index in [1.807, 2.05) is 39.8 Å². The van der Waals surface area contributed by atoms with E-state index in [1.54, 1.807) is 12.2 Å². The number of aliphatic hydroxyl groups excluding tert-OH is 3. The Morgan fingerprint density at radius 1 is 1.20 bits per heavy atom. The van der Waals surface area contributed by atoms with Gasteiger partial charge in [-0.15, -0.1) is 0 Å². The first-order valence-corrected chi connectivity index (χ1v) is 12.3. The summed E-state index contributed by atoms with van der Waals surface area (Å²) in [4.78, 5) is 12.1. The van der Waals surface area contributed by atoms with Gasteiger partial charge in [0.25, 0.3) is 0 Å². The van der Waals surface area contributed by atoms with Crippen LogP contribution in [0.2, 0.25) is 0 Å². The standard InChI is InChI=1S/C26H43NO8/c1-15(2)7-12-22(29)27-19-13-17(4)20(34-18(19)5)10-8-16(3)9-11-21-23(30)26(33,14-28)24(31)25(6,32)35-21/h7-9,11-12,15,17-21,23-24,28,30-33H,10,13-14H2,1-6H3,(H,27,29)/b11-9+,12-7-,16-8+/t17-,18+,19+,20-,21+,23?,24?,25?,26?/m0/s1. The second kappa shape index (κ2) is 12.1. The molecule has 0 saturated carbocycles. The minimum absolute atomic E-state index is 0.0282. The van der Waals surface area contributed by atoms with Crippen LogP contribution in [0.5, 0.6) is 0 Å². The molecule has 0 radical (unpaired) electrons. The third-order valence-electron chi connectivity index (χ3n) is 6.83. The van der Waals surface area contributed by atoms with Crippen molar-refractivity contribution in [1.29, 1.82) is 0 Å². The van der Waals surface area contributed by atoms with Crippen LogP contribution in [-0.2, 0) is 14.3 Å². The quantitative estimate of drug-likeness (QED) is 0.214. The smallest absolute Gasteiger partial charge is 0.243 e. The number of carbonyl (C=O) groups excluding carboxylic acids is 1. The fraction of sp³-hybridized carbons (Fsp3) is 0.731. The number of rotatable bonds is 8. The molecule has 9 nitrogen and oxygen atoms in total. The lowest BCUT2D eigenvalue weighted by Crippen LogP contribution is -2.71. The molecule has 9 atom stereocenters. The molecule has 35 heavy (non-hydrogen) atoms. The van der Waals surface area contributed by atoms with Crippen molar-refractivity contribution in [3.8, 4) is 0 Å². The lowest BCUT2D eigenvalue weighted by Gasteiger charge is -2.49. The van der Waals surface area contributed by atoms with Gasteiger partial charge in [0.05, 0.1) is 24.9 Å². The molecule has 9 heteroatoms. The van der Waals surface area contributed by atoms with Crippen molar-refractivity contribution in [3.05, 3.63) is 36.0 Å². The molecule has 2 aliphatic rings. The van der Waals surface area contributed by atoms with E-state index >= 15 is 0 Å². The largest absolute Gasteiger partial charge is 0.393 e. The maximum absolute atomic E-state index is 12.1. The zero-order valence-corrected chi connectivity index (χ0v) is 21.6. The van der Waals surface area contributed by atoms with Crippen molar-refractivity contribution in [2.75, 3.05) is 6.61 Å². The van der Waals surface area contributed by atoms with Crippen molar-refractivity contribution in [2.45, 2.75) is 102 Å². The van der Waals surface area contributed by atoms with Crippen LogP contribution < -0.4 is 5.32 Å². The molecule has 200 valence electrons. The average Bonchev–Trinajstić information content (AvgIpc) is 2.79. The molecule has 6 N–H and O–H groups in total. The number of ether oxygens (including phenoxy) is 2. The third-order valence-corrected chi connectivity index (χ3v) is 6.83. The molecule has 2 heterocycles. The lowest BCUT2D eigenvalue weighted by molar-refractivity contribution is -0.362. The van der Waals surface area contributed by atoms with Crippen molar-refractivity contribution in [3.63, 3.8) is 0 Å². The number of hydrogen-bond acceptors (Lipinski definition) is 8. The molecule has 0 spiro atoms. The fourth-order valence-corrected chi connectivity index (χ4v) is 4.48. The highest BCUT2D eigenvalue weighted by Gasteiger charge is 2.58. The van der Waals surface area contributed by atoms with E-state index in [0.717, 1.165) is 18.9 Å². The zero-order valence-electron chi connectivity index (χ0n) is 21.6. The molecular weight excluding hydrogens is 454 g/mol. The summed E-state index contributed by atoms with van der Waals surface area (Å²) >= 11 is 0. The number of allylic oxidation sites excluding steroid dienone is 3. The Bertz CT molecular complexity index is 807. The van der Waals surface area contributed by atoms with Gasteiger partial charge in [-0.3, -0.25) is 4.79 Å². The molecule has 4 unspecified atom stereocenters. The number of amides is 1. The van der Waals surface area contributed by atoms with Crippen molar-refractivity contribution < 1.29 is 39.8 Å². The summed E-state index contributed by atoms with van der Waals surface area (Å²) in [5.41, 5.74) is -1.48. The zero-order chi connectivity index (χ0) is 26.6. The highest BCUT2D eigenvalue weighted by molar-refractivity contribution is 5.87. The predicted octanol–water partition coefficient (Wildman–Crippen LogP) is 0.942. The van der Waals surface area contributed by atoms with Crippen LogP contribution >= 0.6 is 0 Å². The minimum atomic E-state index is -2.33. The third kappa shape index (κ3) is 7.45. The lowest BCUT2D eigenvalue weighted by atomic mass is 9.80. The van der Waals surface area contributed by atoms with Crippen LogP contribution in [0.4, 0.5) is 0 Å². The molecule has 0 aliphatic carbocycles. The monoisotopic (exact) mass is 497 g/mol. The van der Waals surface area contributed by atoms with Gasteiger partial charge in [0.1, 0.15) is 23.9 Å². The van der Waals surface area contributed by atoms with E-state index in [-0.39, 0.29) is 30.1 Å². The summed E-state index contributed by atoms with van der Waals surface area (Å²) in [6.45, 7) is 10.1. The summed E-state index contributed by atoms with van der Waals surface area (Å²) in [5.74, 6) is -1.74. The molecule has 0 aromatic rings. The van der Waals surface area contributed by atoms with Gasteiger partial charge in [0, 0.05) is 0 Å². The Hall–Kier alpha value is -1.59. The van der Waals surface area contributed by atoms with Crippen LogP contribution in [0.25, 0.3) is 0 Å². The van der Waals surface area contributed by atoms with Gasteiger partial charge in [0.2, 0.25) is 5.91 Å². The Kier molecular flexibility index (Phi) is 10.2. The Balaban J connectivity index is 1.97. The molecule has 1 amide bonds. The van der Waals surface area contributed by atoms with Gasteiger partial charge in [0.15, 0.2) is 5.79 Å². The van der Waals surface area contributed by atoms with Crippen LogP contribution in [0.3, 0.4) is 0 Å². The SMILES string of the molecule is CC(/C=C/[C@H]1OC(C)(O)C(O)C(O)(CO)C1O)=C\C[C@@H]1O[C@H](C)[C@H](NC(=O)/C=C\C(C)C)C[C@@H]1C. The second-order valence-electron chi connectivity index (χ2n) is 10.5. The summed E-state index contributed by atoms with van der Waals surface area (Å²) < 4.78 is 11.5. The molecule has 2 rings (SSSR count). The average molecular weight is 498 g/mol. The Morgan fingerprint density at radius 3 is 2.46 bits per heavy atom. The van der Waals surface area contributed by atoms with Gasteiger partial charge in [-0.1, -0.05) is 50.6 Å². The molecular formula is C26H43NO8. The maximum Gasteiger partial charge on any atom is 0.243 e. The van der Waals surface area contributed by atoms with E-state index in [1.165, 1.54) is 6.08 Å². The Labute approximate surface area is 208 Å². The molecule has 2 aliphatic heterocycles. The molecule has 0 aromatic carbocycles. The van der Waals surface area contributed by atoms with Gasteiger partial charge in [-0.05, 0) is 51.5 Å². The normalized spacial score (nSPS) is 41.1. The number of aliphatic hydroxyl groups is 5. The first-order chi connectivity index (χ1) is 16.2. The van der Waals surface area contributed by atoms with Crippen molar-refractivity contribution >= 4 is 5.91 Å². The molecule has 2 fully saturated rings. The van der Waals surface area contributed by atoms with E-state index in [9.17, 15) is 30.3 Å². The van der Waals surface area contributed by atoms with Gasteiger partial charge >= 0.3 is 0 Å². The van der Waals surface area contributed by atoms with E-state index in [4.69, 9.17) is 9.47 Å². The van der Waals surface area contributed by atoms with Crippen LogP contribution in [0.15, 0.2) is 36.0 Å². The molecule has 0 bridgehead atoms. The van der Waals surface area contributed by atoms with Gasteiger partial charge in [-0.25, -0.2) is 0 Å². The summed E-state index contributed by atoms with van der Waals surface area (Å²) in [5, 5.41) is 53.8. The van der Waals surface area contributed by atoms with E-state index in [0.29, 0.717) is 12.3 Å². The van der Waals surface area contributed by atoms with Crippen LogP contribution in [0.1, 0.15) is 54.4 Å². The van der Waals surface area contributed by atoms with Gasteiger partial charge < -0.3 is 40.3 Å².